The number of ether oxygens (including phenoxy) is 2. The maximum absolute atomic E-state index is 12.7. The highest BCUT2D eigenvalue weighted by Gasteiger charge is 2.42. The maximum Gasteiger partial charge on any atom is 0.342 e. The summed E-state index contributed by atoms with van der Waals surface area (Å²) in [7, 11) is 1.52. The summed E-state index contributed by atoms with van der Waals surface area (Å²) < 4.78 is 10.9. The first kappa shape index (κ1) is 19.7. The van der Waals surface area contributed by atoms with E-state index in [-0.39, 0.29) is 11.9 Å². The van der Waals surface area contributed by atoms with Gasteiger partial charge in [-0.15, -0.1) is 0 Å². The van der Waals surface area contributed by atoms with E-state index in [2.05, 4.69) is 12.2 Å². The van der Waals surface area contributed by atoms with Crippen LogP contribution in [-0.4, -0.2) is 31.1 Å². The number of nitrogens with one attached hydrogen (secondary N) is 1. The van der Waals surface area contributed by atoms with Gasteiger partial charge in [-0.05, 0) is 73.8 Å². The Bertz CT molecular complexity index is 924. The Morgan fingerprint density at radius 1 is 1.07 bits per heavy atom. The lowest BCUT2D eigenvalue weighted by atomic mass is 9.84. The summed E-state index contributed by atoms with van der Waals surface area (Å²) >= 11 is 0. The molecule has 154 valence electrons. The van der Waals surface area contributed by atoms with Crippen LogP contribution in [0.4, 0.5) is 0 Å². The van der Waals surface area contributed by atoms with E-state index < -0.39 is 12.1 Å². The largest absolute Gasteiger partial charge is 0.496 e. The van der Waals surface area contributed by atoms with E-state index in [1.807, 2.05) is 30.3 Å². The molecule has 2 bridgehead atoms. The highest BCUT2D eigenvalue weighted by Crippen LogP contribution is 2.49. The van der Waals surface area contributed by atoms with Crippen LogP contribution in [0.2, 0.25) is 0 Å². The fourth-order valence-electron chi connectivity index (χ4n) is 5.18. The second-order valence-electron chi connectivity index (χ2n) is 8.58. The number of esters is 1. The Balaban J connectivity index is 1.41. The van der Waals surface area contributed by atoms with E-state index in [9.17, 15) is 9.59 Å². The second-order valence-corrected chi connectivity index (χ2v) is 8.58. The zero-order valence-corrected chi connectivity index (χ0v) is 17.3. The van der Waals surface area contributed by atoms with Crippen molar-refractivity contribution in [3.8, 4) is 5.75 Å². The molecule has 2 saturated carbocycles. The van der Waals surface area contributed by atoms with Crippen molar-refractivity contribution < 1.29 is 19.1 Å². The first-order valence-electron chi connectivity index (χ1n) is 10.5. The van der Waals surface area contributed by atoms with E-state index in [1.54, 1.807) is 13.0 Å². The van der Waals surface area contributed by atoms with Crippen molar-refractivity contribution >= 4 is 22.6 Å². The van der Waals surface area contributed by atoms with Gasteiger partial charge in [-0.1, -0.05) is 30.7 Å². The third-order valence-electron chi connectivity index (χ3n) is 6.75. The second kappa shape index (κ2) is 8.05. The predicted molar refractivity (Wildman–Crippen MR) is 112 cm³/mol. The van der Waals surface area contributed by atoms with Crippen LogP contribution in [0.1, 0.15) is 49.9 Å². The van der Waals surface area contributed by atoms with Crippen LogP contribution in [0, 0.1) is 17.8 Å². The van der Waals surface area contributed by atoms with Gasteiger partial charge in [-0.2, -0.15) is 0 Å². The molecule has 0 radical (unpaired) electrons. The zero-order chi connectivity index (χ0) is 20.5. The Morgan fingerprint density at radius 2 is 1.79 bits per heavy atom. The van der Waals surface area contributed by atoms with Crippen LogP contribution >= 0.6 is 0 Å². The van der Waals surface area contributed by atoms with Gasteiger partial charge in [-0.3, -0.25) is 4.79 Å². The Morgan fingerprint density at radius 3 is 2.41 bits per heavy atom. The monoisotopic (exact) mass is 395 g/mol. The molecule has 2 fully saturated rings. The molecule has 5 nitrogen and oxygen atoms in total. The van der Waals surface area contributed by atoms with Crippen molar-refractivity contribution in [2.24, 2.45) is 17.8 Å². The minimum Gasteiger partial charge on any atom is -0.496 e. The molecule has 4 rings (SSSR count). The smallest absolute Gasteiger partial charge is 0.342 e. The molecule has 0 aliphatic heterocycles. The third kappa shape index (κ3) is 3.96. The van der Waals surface area contributed by atoms with E-state index in [4.69, 9.17) is 9.47 Å². The summed E-state index contributed by atoms with van der Waals surface area (Å²) in [6.45, 7) is 3.69. The van der Waals surface area contributed by atoms with Gasteiger partial charge < -0.3 is 14.8 Å². The molecule has 0 spiro atoms. The van der Waals surface area contributed by atoms with Gasteiger partial charge in [0, 0.05) is 6.04 Å². The molecule has 2 aromatic rings. The molecule has 1 N–H and O–H groups in total. The van der Waals surface area contributed by atoms with Crippen LogP contribution < -0.4 is 10.1 Å². The molecule has 1 amide bonds. The molecule has 0 heterocycles. The van der Waals surface area contributed by atoms with Gasteiger partial charge in [0.1, 0.15) is 11.3 Å². The number of benzene rings is 2. The van der Waals surface area contributed by atoms with Gasteiger partial charge in [-0.25, -0.2) is 4.79 Å². The van der Waals surface area contributed by atoms with Gasteiger partial charge >= 0.3 is 5.97 Å². The lowest BCUT2D eigenvalue weighted by Gasteiger charge is -2.29. The molecule has 0 saturated heterocycles. The van der Waals surface area contributed by atoms with Crippen molar-refractivity contribution in [3.63, 3.8) is 0 Å². The van der Waals surface area contributed by atoms with Crippen molar-refractivity contribution in [1.82, 2.24) is 5.32 Å². The minimum absolute atomic E-state index is 0.106. The van der Waals surface area contributed by atoms with Crippen LogP contribution in [0.15, 0.2) is 36.4 Å². The van der Waals surface area contributed by atoms with Crippen molar-refractivity contribution in [2.75, 3.05) is 7.11 Å². The summed E-state index contributed by atoms with van der Waals surface area (Å²) in [5.74, 6) is 1.75. The SMILES string of the molecule is COc1cc2ccccc2cc1C(=O)O[C@H](C)C(=O)N[C@@H](C)[C@@H]1C[C@H]2CC[C@H]1C2. The number of hydrogen-bond acceptors (Lipinski definition) is 4. The van der Waals surface area contributed by atoms with Crippen LogP contribution in [0.3, 0.4) is 0 Å². The summed E-state index contributed by atoms with van der Waals surface area (Å²) in [5, 5.41) is 4.97. The third-order valence-corrected chi connectivity index (χ3v) is 6.75. The first-order valence-corrected chi connectivity index (χ1v) is 10.5. The number of carbonyl (C=O) groups excluding carboxylic acids is 2. The normalized spacial score (nSPS) is 24.9. The topological polar surface area (TPSA) is 64.6 Å². The van der Waals surface area contributed by atoms with Gasteiger partial charge in [0.05, 0.1) is 7.11 Å². The number of carbonyl (C=O) groups is 2. The van der Waals surface area contributed by atoms with E-state index in [0.29, 0.717) is 17.2 Å². The molecule has 0 unspecified atom stereocenters. The average molecular weight is 395 g/mol. The summed E-state index contributed by atoms with van der Waals surface area (Å²) in [6, 6.07) is 11.4. The van der Waals surface area contributed by atoms with Crippen LogP contribution in [-0.2, 0) is 9.53 Å². The molecule has 2 aliphatic rings. The van der Waals surface area contributed by atoms with Crippen molar-refractivity contribution in [1.29, 1.82) is 0 Å². The van der Waals surface area contributed by atoms with Crippen LogP contribution in [0.5, 0.6) is 5.75 Å². The highest BCUT2D eigenvalue weighted by molar-refractivity contribution is 5.99. The first-order chi connectivity index (χ1) is 14.0. The molecule has 5 heteroatoms. The molecule has 0 aromatic heterocycles. The average Bonchev–Trinajstić information content (AvgIpc) is 3.36. The van der Waals surface area contributed by atoms with Crippen molar-refractivity contribution in [2.45, 2.75) is 51.7 Å². The Hall–Kier alpha value is -2.56. The lowest BCUT2D eigenvalue weighted by Crippen LogP contribution is -2.45. The molecule has 5 atom stereocenters. The number of fused-ring (bicyclic) bond motifs is 3. The molecule has 29 heavy (non-hydrogen) atoms. The molecular formula is C24H29NO4. The fourth-order valence-corrected chi connectivity index (χ4v) is 5.18. The molecule has 2 aromatic carbocycles. The lowest BCUT2D eigenvalue weighted by molar-refractivity contribution is -0.130. The van der Waals surface area contributed by atoms with E-state index >= 15 is 0 Å². The predicted octanol–water partition coefficient (Wildman–Crippen LogP) is 4.33. The quantitative estimate of drug-likeness (QED) is 0.739. The summed E-state index contributed by atoms with van der Waals surface area (Å²) in [4.78, 5) is 25.4. The Labute approximate surface area is 171 Å². The minimum atomic E-state index is -0.861. The zero-order valence-electron chi connectivity index (χ0n) is 17.3. The number of amides is 1. The van der Waals surface area contributed by atoms with Gasteiger partial charge in [0.2, 0.25) is 0 Å². The fraction of sp³-hybridized carbons (Fsp3) is 0.500. The number of methoxy groups -OCH3 is 1. The Kier molecular flexibility index (Phi) is 5.48. The maximum atomic E-state index is 12.7. The van der Waals surface area contributed by atoms with Crippen molar-refractivity contribution in [3.05, 3.63) is 42.0 Å². The summed E-state index contributed by atoms with van der Waals surface area (Å²) in [6.07, 6.45) is 4.26. The highest BCUT2D eigenvalue weighted by atomic mass is 16.5. The molecule has 2 aliphatic carbocycles. The van der Waals surface area contributed by atoms with Gasteiger partial charge in [0.25, 0.3) is 5.91 Å². The van der Waals surface area contributed by atoms with Crippen LogP contribution in [0.25, 0.3) is 10.8 Å². The summed E-state index contributed by atoms with van der Waals surface area (Å²) in [5.41, 5.74) is 0.326. The molecular weight excluding hydrogens is 366 g/mol. The van der Waals surface area contributed by atoms with E-state index in [1.165, 1.54) is 32.8 Å². The number of rotatable bonds is 6. The number of hydrogen-bond donors (Lipinski definition) is 1. The van der Waals surface area contributed by atoms with E-state index in [0.717, 1.165) is 22.6 Å². The van der Waals surface area contributed by atoms with Gasteiger partial charge in [0.15, 0.2) is 6.10 Å². The standard InChI is InChI=1S/C24H29NO4/c1-14(20-11-16-8-9-19(20)10-16)25-23(26)15(2)29-24(27)21-12-17-6-4-5-7-18(17)13-22(21)28-3/h4-7,12-16,19-20H,8-11H2,1-3H3,(H,25,26)/t14-,15+,16-,19-,20-/m0/s1.